The molecule has 8 nitrogen and oxygen atoms in total. The first-order valence-corrected chi connectivity index (χ1v) is 14.8. The number of carbonyl (C=O) groups is 1. The number of aliphatic hydroxyl groups is 2. The van der Waals surface area contributed by atoms with Crippen molar-refractivity contribution in [2.75, 3.05) is 13.2 Å². The predicted octanol–water partition coefficient (Wildman–Crippen LogP) is 5.12. The maximum Gasteiger partial charge on any atom is 0.410 e. The normalized spacial score (nSPS) is 21.9. The molecule has 0 aliphatic carbocycles. The van der Waals surface area contributed by atoms with Gasteiger partial charge in [-0.2, -0.15) is 0 Å². The number of aliphatic hydroxyl groups excluding tert-OH is 2. The number of nitrogens with zero attached hydrogens (tertiary/aromatic N) is 1. The van der Waals surface area contributed by atoms with E-state index in [1.165, 1.54) is 4.90 Å². The van der Waals surface area contributed by atoms with Crippen LogP contribution in [0.1, 0.15) is 22.3 Å². The van der Waals surface area contributed by atoms with Crippen molar-refractivity contribution in [1.82, 2.24) is 4.90 Å². The van der Waals surface area contributed by atoms with Crippen LogP contribution in [-0.2, 0) is 45.4 Å². The molecule has 44 heavy (non-hydrogen) atoms. The average molecular weight is 598 g/mol. The van der Waals surface area contributed by atoms with Crippen LogP contribution in [0.3, 0.4) is 0 Å². The van der Waals surface area contributed by atoms with E-state index in [1.807, 2.05) is 121 Å². The SMILES string of the molecule is O=C(OCc1ccccc1)N1C[C@@H](O)[C@H](O)[C@@H](OCc2ccccc2)[C@H](OCc2ccccc2)[C@@H]1COCc1ccccc1. The standard InChI is InChI=1S/C36H39NO7/c38-32-21-37(36(40)44-25-30-19-11-4-12-20-30)31(26-41-22-27-13-5-1-6-14-27)34(42-23-28-15-7-2-8-16-28)35(33(32)39)43-24-29-17-9-3-10-18-29/h1-20,31-35,38-39H,21-26H2/t31-,32+,33-,34+,35+/m0/s1. The molecule has 0 aromatic heterocycles. The highest BCUT2D eigenvalue weighted by Crippen LogP contribution is 2.28. The number of β-amino-alcohol motifs (C(OH)–C–C–N with tert-alkyl or cyclic N) is 1. The van der Waals surface area contributed by atoms with Crippen molar-refractivity contribution in [2.24, 2.45) is 0 Å². The van der Waals surface area contributed by atoms with Crippen LogP contribution in [0.15, 0.2) is 121 Å². The molecule has 1 aliphatic rings. The third-order valence-electron chi connectivity index (χ3n) is 7.63. The summed E-state index contributed by atoms with van der Waals surface area (Å²) >= 11 is 0. The van der Waals surface area contributed by atoms with Crippen LogP contribution in [0, 0.1) is 0 Å². The minimum atomic E-state index is -1.34. The Morgan fingerprint density at radius 3 is 1.55 bits per heavy atom. The topological polar surface area (TPSA) is 97.7 Å². The highest BCUT2D eigenvalue weighted by molar-refractivity contribution is 5.68. The summed E-state index contributed by atoms with van der Waals surface area (Å²) in [7, 11) is 0. The Hall–Kier alpha value is -4.05. The molecule has 1 fully saturated rings. The van der Waals surface area contributed by atoms with E-state index >= 15 is 0 Å². The van der Waals surface area contributed by atoms with E-state index in [-0.39, 0.29) is 33.0 Å². The number of hydrogen-bond acceptors (Lipinski definition) is 7. The minimum absolute atomic E-state index is 0.0515. The van der Waals surface area contributed by atoms with Gasteiger partial charge in [-0.25, -0.2) is 4.79 Å². The van der Waals surface area contributed by atoms with Crippen molar-refractivity contribution < 1.29 is 34.0 Å². The fraction of sp³-hybridized carbons (Fsp3) is 0.306. The molecule has 0 bridgehead atoms. The van der Waals surface area contributed by atoms with Gasteiger partial charge in [0, 0.05) is 0 Å². The number of rotatable bonds is 12. The molecular weight excluding hydrogens is 558 g/mol. The van der Waals surface area contributed by atoms with Crippen LogP contribution in [0.25, 0.3) is 0 Å². The molecule has 0 radical (unpaired) electrons. The smallest absolute Gasteiger partial charge is 0.410 e. The number of hydrogen-bond donors (Lipinski definition) is 2. The maximum atomic E-state index is 13.7. The van der Waals surface area contributed by atoms with Crippen molar-refractivity contribution >= 4 is 6.09 Å². The highest BCUT2D eigenvalue weighted by atomic mass is 16.6. The van der Waals surface area contributed by atoms with Crippen molar-refractivity contribution in [3.63, 3.8) is 0 Å². The molecular formula is C36H39NO7. The van der Waals surface area contributed by atoms with Crippen LogP contribution >= 0.6 is 0 Å². The lowest BCUT2D eigenvalue weighted by Gasteiger charge is -2.37. The molecule has 2 N–H and O–H groups in total. The average Bonchev–Trinajstić information content (AvgIpc) is 3.17. The van der Waals surface area contributed by atoms with Crippen LogP contribution in [0.5, 0.6) is 0 Å². The second kappa shape index (κ2) is 16.1. The quantitative estimate of drug-likeness (QED) is 0.234. The van der Waals surface area contributed by atoms with Crippen molar-refractivity contribution in [3.05, 3.63) is 144 Å². The third kappa shape index (κ3) is 8.75. The van der Waals surface area contributed by atoms with Crippen molar-refractivity contribution in [1.29, 1.82) is 0 Å². The van der Waals surface area contributed by atoms with Gasteiger partial charge in [0.2, 0.25) is 0 Å². The summed E-state index contributed by atoms with van der Waals surface area (Å²) in [6.45, 7) is 0.592. The Bertz CT molecular complexity index is 1390. The zero-order valence-electron chi connectivity index (χ0n) is 24.6. The summed E-state index contributed by atoms with van der Waals surface area (Å²) in [6, 6.07) is 37.6. The van der Waals surface area contributed by atoms with Gasteiger partial charge < -0.3 is 29.2 Å². The lowest BCUT2D eigenvalue weighted by molar-refractivity contribution is -0.160. The van der Waals surface area contributed by atoms with Gasteiger partial charge in [0.25, 0.3) is 0 Å². The zero-order valence-corrected chi connectivity index (χ0v) is 24.6. The van der Waals surface area contributed by atoms with Gasteiger partial charge in [0.15, 0.2) is 0 Å². The van der Waals surface area contributed by atoms with Gasteiger partial charge in [-0.05, 0) is 22.3 Å². The molecule has 0 saturated carbocycles. The summed E-state index contributed by atoms with van der Waals surface area (Å²) in [5.74, 6) is 0. The van der Waals surface area contributed by atoms with E-state index in [0.29, 0.717) is 6.61 Å². The molecule has 230 valence electrons. The van der Waals surface area contributed by atoms with Gasteiger partial charge >= 0.3 is 6.09 Å². The number of ether oxygens (including phenoxy) is 4. The summed E-state index contributed by atoms with van der Waals surface area (Å²) in [4.78, 5) is 15.1. The van der Waals surface area contributed by atoms with Crippen LogP contribution in [0.4, 0.5) is 4.79 Å². The number of benzene rings is 4. The Morgan fingerprint density at radius 2 is 1.05 bits per heavy atom. The first kappa shape index (κ1) is 31.4. The van der Waals surface area contributed by atoms with E-state index in [0.717, 1.165) is 22.3 Å². The molecule has 5 atom stereocenters. The van der Waals surface area contributed by atoms with Gasteiger partial charge in [-0.15, -0.1) is 0 Å². The second-order valence-corrected chi connectivity index (χ2v) is 10.8. The largest absolute Gasteiger partial charge is 0.445 e. The Balaban J connectivity index is 1.43. The Morgan fingerprint density at radius 1 is 0.614 bits per heavy atom. The number of likely N-dealkylation sites (tertiary alicyclic amines) is 1. The van der Waals surface area contributed by atoms with Crippen LogP contribution < -0.4 is 0 Å². The lowest BCUT2D eigenvalue weighted by atomic mass is 10.00. The predicted molar refractivity (Wildman–Crippen MR) is 165 cm³/mol. The van der Waals surface area contributed by atoms with E-state index < -0.39 is 36.6 Å². The summed E-state index contributed by atoms with van der Waals surface area (Å²) in [5, 5.41) is 22.6. The number of carbonyl (C=O) groups excluding carboxylic acids is 1. The van der Waals surface area contributed by atoms with Gasteiger partial charge in [-0.3, -0.25) is 4.90 Å². The highest BCUT2D eigenvalue weighted by Gasteiger charge is 2.47. The lowest BCUT2D eigenvalue weighted by Crippen LogP contribution is -2.54. The summed E-state index contributed by atoms with van der Waals surface area (Å²) in [6.07, 6.45) is -5.16. The minimum Gasteiger partial charge on any atom is -0.445 e. The molecule has 1 amide bonds. The molecule has 1 heterocycles. The van der Waals surface area contributed by atoms with E-state index in [9.17, 15) is 15.0 Å². The van der Waals surface area contributed by atoms with Crippen LogP contribution in [-0.4, -0.2) is 64.8 Å². The van der Waals surface area contributed by atoms with Crippen molar-refractivity contribution in [2.45, 2.75) is 56.9 Å². The van der Waals surface area contributed by atoms with Crippen molar-refractivity contribution in [3.8, 4) is 0 Å². The molecule has 4 aromatic rings. The maximum absolute atomic E-state index is 13.7. The van der Waals surface area contributed by atoms with E-state index in [4.69, 9.17) is 18.9 Å². The fourth-order valence-corrected chi connectivity index (χ4v) is 5.26. The zero-order chi connectivity index (χ0) is 30.6. The van der Waals surface area contributed by atoms with E-state index in [1.54, 1.807) is 0 Å². The summed E-state index contributed by atoms with van der Waals surface area (Å²) in [5.41, 5.74) is 3.61. The monoisotopic (exact) mass is 597 g/mol. The molecule has 0 spiro atoms. The first-order valence-electron chi connectivity index (χ1n) is 14.8. The fourth-order valence-electron chi connectivity index (χ4n) is 5.26. The van der Waals surface area contributed by atoms with Crippen LogP contribution in [0.2, 0.25) is 0 Å². The van der Waals surface area contributed by atoms with Gasteiger partial charge in [-0.1, -0.05) is 121 Å². The van der Waals surface area contributed by atoms with Gasteiger partial charge in [0.1, 0.15) is 31.0 Å². The second-order valence-electron chi connectivity index (χ2n) is 10.8. The molecule has 8 heteroatoms. The first-order chi connectivity index (χ1) is 21.6. The molecule has 1 aliphatic heterocycles. The summed E-state index contributed by atoms with van der Waals surface area (Å²) < 4.78 is 24.7. The Labute approximate surface area is 258 Å². The van der Waals surface area contributed by atoms with E-state index in [2.05, 4.69) is 0 Å². The number of amides is 1. The molecule has 4 aromatic carbocycles. The molecule has 5 rings (SSSR count). The molecule has 1 saturated heterocycles. The molecule has 0 unspecified atom stereocenters. The Kier molecular flexibility index (Phi) is 11.5. The third-order valence-corrected chi connectivity index (χ3v) is 7.63. The van der Waals surface area contributed by atoms with Gasteiger partial charge in [0.05, 0.1) is 39.0 Å².